The molecule has 1 aromatic heterocycles. The molecule has 3 rings (SSSR count). The van der Waals surface area contributed by atoms with Gasteiger partial charge in [-0.15, -0.1) is 11.3 Å². The van der Waals surface area contributed by atoms with Crippen LogP contribution in [0.15, 0.2) is 35.7 Å². The molecule has 0 bridgehead atoms. The molecule has 0 spiro atoms. The molecule has 0 saturated heterocycles. The van der Waals surface area contributed by atoms with Gasteiger partial charge in [-0.3, -0.25) is 19.5 Å². The van der Waals surface area contributed by atoms with Crippen molar-refractivity contribution in [2.45, 2.75) is 0 Å². The summed E-state index contributed by atoms with van der Waals surface area (Å²) in [5, 5.41) is 11.6. The van der Waals surface area contributed by atoms with Crippen LogP contribution in [0.4, 0.5) is 0 Å². The third-order valence-electron chi connectivity index (χ3n) is 2.80. The van der Waals surface area contributed by atoms with Crippen LogP contribution in [0.5, 0.6) is 0 Å². The lowest BCUT2D eigenvalue weighted by atomic mass is 10.1. The van der Waals surface area contributed by atoms with Gasteiger partial charge in [0.1, 0.15) is 4.88 Å². The van der Waals surface area contributed by atoms with Crippen molar-refractivity contribution in [1.29, 1.82) is 0 Å². The van der Waals surface area contributed by atoms with Gasteiger partial charge in [0.05, 0.1) is 16.4 Å². The SMILES string of the molecule is O=C(O)c1sccc1P(=O)(O)O.O=C1NC(=O)c2ccccc21. The van der Waals surface area contributed by atoms with Crippen molar-refractivity contribution < 1.29 is 33.8 Å². The Hall–Kier alpha value is -2.32. The number of hydrogen-bond acceptors (Lipinski definition) is 5. The summed E-state index contributed by atoms with van der Waals surface area (Å²) in [5.74, 6) is -1.92. The van der Waals surface area contributed by atoms with Crippen LogP contribution in [0, 0.1) is 0 Å². The van der Waals surface area contributed by atoms with Crippen molar-refractivity contribution in [2.24, 2.45) is 0 Å². The van der Waals surface area contributed by atoms with Crippen LogP contribution in [-0.4, -0.2) is 32.7 Å². The van der Waals surface area contributed by atoms with Crippen LogP contribution < -0.4 is 10.6 Å². The maximum absolute atomic E-state index is 10.9. The number of nitrogens with one attached hydrogen (secondary N) is 1. The monoisotopic (exact) mass is 355 g/mol. The van der Waals surface area contributed by atoms with Crippen molar-refractivity contribution in [3.8, 4) is 0 Å². The molecule has 23 heavy (non-hydrogen) atoms. The Morgan fingerprint density at radius 1 is 1.04 bits per heavy atom. The van der Waals surface area contributed by atoms with Crippen molar-refractivity contribution in [1.82, 2.24) is 5.32 Å². The van der Waals surface area contributed by atoms with E-state index in [-0.39, 0.29) is 16.7 Å². The van der Waals surface area contributed by atoms with Gasteiger partial charge < -0.3 is 14.9 Å². The van der Waals surface area contributed by atoms with Gasteiger partial charge in [-0.05, 0) is 23.6 Å². The number of carbonyl (C=O) groups excluding carboxylic acids is 2. The second kappa shape index (κ2) is 6.43. The number of hydrogen-bond donors (Lipinski definition) is 4. The van der Waals surface area contributed by atoms with Gasteiger partial charge in [0.25, 0.3) is 11.8 Å². The summed E-state index contributed by atoms with van der Waals surface area (Å²) in [7, 11) is -4.43. The molecule has 1 aliphatic rings. The highest BCUT2D eigenvalue weighted by Gasteiger charge is 2.26. The van der Waals surface area contributed by atoms with Crippen LogP contribution in [0.1, 0.15) is 30.4 Å². The predicted octanol–water partition coefficient (Wildman–Crippen LogP) is 0.820. The van der Waals surface area contributed by atoms with E-state index in [1.807, 2.05) is 0 Å². The molecular formula is C13H10NO7PS. The summed E-state index contributed by atoms with van der Waals surface area (Å²) < 4.78 is 10.7. The topological polar surface area (TPSA) is 141 Å². The minimum atomic E-state index is -4.43. The molecular weight excluding hydrogens is 345 g/mol. The number of amides is 2. The zero-order chi connectivity index (χ0) is 17.2. The Bertz CT molecular complexity index is 805. The molecule has 8 nitrogen and oxygen atoms in total. The molecule has 0 atom stereocenters. The molecule has 10 heteroatoms. The molecule has 2 heterocycles. The van der Waals surface area contributed by atoms with Crippen LogP contribution >= 0.6 is 18.9 Å². The lowest BCUT2D eigenvalue weighted by Gasteiger charge is -2.00. The molecule has 1 aromatic carbocycles. The predicted molar refractivity (Wildman–Crippen MR) is 81.2 cm³/mol. The molecule has 120 valence electrons. The first-order valence-electron chi connectivity index (χ1n) is 6.03. The van der Waals surface area contributed by atoms with Gasteiger partial charge in [0.2, 0.25) is 0 Å². The maximum Gasteiger partial charge on any atom is 0.357 e. The minimum absolute atomic E-state index is 0.300. The number of imide groups is 1. The summed E-state index contributed by atoms with van der Waals surface area (Å²) in [5.41, 5.74) is 0.940. The number of thiophene rings is 1. The number of carboxylic acids is 1. The molecule has 0 aliphatic carbocycles. The molecule has 2 aromatic rings. The first-order valence-corrected chi connectivity index (χ1v) is 8.52. The molecule has 1 aliphatic heterocycles. The van der Waals surface area contributed by atoms with E-state index in [0.29, 0.717) is 11.1 Å². The molecule has 0 unspecified atom stereocenters. The number of benzene rings is 1. The summed E-state index contributed by atoms with van der Waals surface area (Å²) >= 11 is 0.793. The number of fused-ring (bicyclic) bond motifs is 1. The first-order chi connectivity index (χ1) is 10.7. The average Bonchev–Trinajstić information content (AvgIpc) is 3.06. The quantitative estimate of drug-likeness (QED) is 0.461. The molecule has 2 amide bonds. The van der Waals surface area contributed by atoms with Gasteiger partial charge in [0.15, 0.2) is 0 Å². The number of carboxylic acid groups (broad SMARTS) is 1. The standard InChI is InChI=1S/C8H5NO2.C5H5O5PS/c10-7-5-3-1-2-4-6(5)8(11)9-7;6-5(7)4-3(1-2-12-4)11(8,9)10/h1-4H,(H,9,10,11);1-2H,(H,6,7)(H2,8,9,10). The fraction of sp³-hybridized carbons (Fsp3) is 0. The second-order valence-corrected chi connectivity index (χ2v) is 6.80. The number of rotatable bonds is 2. The molecule has 0 saturated carbocycles. The average molecular weight is 355 g/mol. The summed E-state index contributed by atoms with van der Waals surface area (Å²) in [6.07, 6.45) is 0. The van der Waals surface area contributed by atoms with E-state index in [1.165, 1.54) is 5.38 Å². The van der Waals surface area contributed by atoms with E-state index < -0.39 is 18.9 Å². The van der Waals surface area contributed by atoms with E-state index in [4.69, 9.17) is 14.9 Å². The van der Waals surface area contributed by atoms with Crippen molar-refractivity contribution in [3.63, 3.8) is 0 Å². The smallest absolute Gasteiger partial charge is 0.357 e. The Kier molecular flexibility index (Phi) is 4.76. The lowest BCUT2D eigenvalue weighted by molar-refractivity contribution is 0.0702. The van der Waals surface area contributed by atoms with Crippen molar-refractivity contribution >= 4 is 42.0 Å². The highest BCUT2D eigenvalue weighted by Crippen LogP contribution is 2.36. The third-order valence-corrected chi connectivity index (χ3v) is 4.85. The Labute approximate surface area is 133 Å². The van der Waals surface area contributed by atoms with Gasteiger partial charge in [-0.1, -0.05) is 12.1 Å². The van der Waals surface area contributed by atoms with Gasteiger partial charge in [-0.25, -0.2) is 4.79 Å². The number of aromatic carboxylic acids is 1. The molecule has 0 fully saturated rings. The minimum Gasteiger partial charge on any atom is -0.477 e. The fourth-order valence-corrected chi connectivity index (χ4v) is 3.68. The van der Waals surface area contributed by atoms with Gasteiger partial charge in [0, 0.05) is 0 Å². The van der Waals surface area contributed by atoms with Crippen LogP contribution in [-0.2, 0) is 4.57 Å². The van der Waals surface area contributed by atoms with Crippen LogP contribution in [0.2, 0.25) is 0 Å². The van der Waals surface area contributed by atoms with Crippen LogP contribution in [0.25, 0.3) is 0 Å². The zero-order valence-electron chi connectivity index (χ0n) is 11.3. The Morgan fingerprint density at radius 3 is 1.96 bits per heavy atom. The maximum atomic E-state index is 10.9. The Balaban J connectivity index is 0.000000167. The normalized spacial score (nSPS) is 13.0. The van der Waals surface area contributed by atoms with Crippen LogP contribution in [0.3, 0.4) is 0 Å². The second-order valence-electron chi connectivity index (χ2n) is 4.31. The van der Waals surface area contributed by atoms with E-state index in [1.54, 1.807) is 24.3 Å². The van der Waals surface area contributed by atoms with Gasteiger partial charge in [-0.2, -0.15) is 0 Å². The summed E-state index contributed by atoms with van der Waals surface area (Å²) in [6, 6.07) is 7.86. The number of carbonyl (C=O) groups is 3. The highest BCUT2D eigenvalue weighted by molar-refractivity contribution is 7.61. The highest BCUT2D eigenvalue weighted by atomic mass is 32.1. The Morgan fingerprint density at radius 2 is 1.57 bits per heavy atom. The third kappa shape index (κ3) is 3.72. The fourth-order valence-electron chi connectivity index (χ4n) is 1.81. The zero-order valence-corrected chi connectivity index (χ0v) is 13.0. The summed E-state index contributed by atoms with van der Waals surface area (Å²) in [6.45, 7) is 0. The van der Waals surface area contributed by atoms with E-state index >= 15 is 0 Å². The first kappa shape index (κ1) is 17.0. The lowest BCUT2D eigenvalue weighted by Crippen LogP contribution is -2.19. The van der Waals surface area contributed by atoms with E-state index in [9.17, 15) is 18.9 Å². The largest absolute Gasteiger partial charge is 0.477 e. The molecule has 4 N–H and O–H groups in total. The van der Waals surface area contributed by atoms with Crippen molar-refractivity contribution in [2.75, 3.05) is 0 Å². The molecule has 0 radical (unpaired) electrons. The van der Waals surface area contributed by atoms with Crippen molar-refractivity contribution in [3.05, 3.63) is 51.7 Å². The van der Waals surface area contributed by atoms with Gasteiger partial charge >= 0.3 is 13.6 Å². The van der Waals surface area contributed by atoms with E-state index in [2.05, 4.69) is 5.32 Å². The van der Waals surface area contributed by atoms with E-state index in [0.717, 1.165) is 17.4 Å². The summed E-state index contributed by atoms with van der Waals surface area (Å²) in [4.78, 5) is 49.3.